The number of rotatable bonds is 4. The minimum absolute atomic E-state index is 0.721. The van der Waals surface area contributed by atoms with Crippen LogP contribution in [0.15, 0.2) is 0 Å². The SMILES string of the molecule is COCCSC1CCCOC1. The van der Waals surface area contributed by atoms with Crippen LogP contribution in [0.4, 0.5) is 0 Å². The summed E-state index contributed by atoms with van der Waals surface area (Å²) in [6.45, 7) is 2.76. The van der Waals surface area contributed by atoms with E-state index in [-0.39, 0.29) is 0 Å². The van der Waals surface area contributed by atoms with Crippen molar-refractivity contribution in [1.82, 2.24) is 0 Å². The van der Waals surface area contributed by atoms with E-state index >= 15 is 0 Å². The molecule has 0 aliphatic carbocycles. The van der Waals surface area contributed by atoms with E-state index in [9.17, 15) is 0 Å². The van der Waals surface area contributed by atoms with Gasteiger partial charge in [0.2, 0.25) is 0 Å². The quantitative estimate of drug-likeness (QED) is 0.605. The molecule has 66 valence electrons. The molecule has 1 atom stereocenters. The van der Waals surface area contributed by atoms with Crippen LogP contribution in [0.1, 0.15) is 12.8 Å². The molecule has 1 aliphatic rings. The summed E-state index contributed by atoms with van der Waals surface area (Å²) in [4.78, 5) is 0. The van der Waals surface area contributed by atoms with E-state index < -0.39 is 0 Å². The Hall–Kier alpha value is 0.270. The van der Waals surface area contributed by atoms with Crippen molar-refractivity contribution in [3.8, 4) is 0 Å². The maximum absolute atomic E-state index is 5.35. The molecule has 1 heterocycles. The molecule has 0 aromatic rings. The predicted octanol–water partition coefficient (Wildman–Crippen LogP) is 1.54. The average Bonchev–Trinajstić information content (AvgIpc) is 2.07. The zero-order chi connectivity index (χ0) is 7.94. The largest absolute Gasteiger partial charge is 0.384 e. The molecule has 2 nitrogen and oxygen atoms in total. The summed E-state index contributed by atoms with van der Waals surface area (Å²) in [5.41, 5.74) is 0. The van der Waals surface area contributed by atoms with Gasteiger partial charge in [-0.15, -0.1) is 0 Å². The molecule has 0 N–H and O–H groups in total. The van der Waals surface area contributed by atoms with Crippen molar-refractivity contribution in [2.24, 2.45) is 0 Å². The molecule has 1 fully saturated rings. The standard InChI is InChI=1S/C8H16O2S/c1-9-5-6-11-8-3-2-4-10-7-8/h8H,2-7H2,1H3. The van der Waals surface area contributed by atoms with Crippen LogP contribution in [0.2, 0.25) is 0 Å². The first kappa shape index (κ1) is 9.36. The zero-order valence-corrected chi connectivity index (χ0v) is 7.86. The van der Waals surface area contributed by atoms with Crippen LogP contribution >= 0.6 is 11.8 Å². The summed E-state index contributed by atoms with van der Waals surface area (Å²) in [6.07, 6.45) is 2.54. The van der Waals surface area contributed by atoms with E-state index in [0.29, 0.717) is 0 Å². The maximum Gasteiger partial charge on any atom is 0.0585 e. The van der Waals surface area contributed by atoms with Crippen LogP contribution in [0.25, 0.3) is 0 Å². The van der Waals surface area contributed by atoms with Gasteiger partial charge in [0.25, 0.3) is 0 Å². The summed E-state index contributed by atoms with van der Waals surface area (Å²) in [5.74, 6) is 1.10. The molecule has 0 spiro atoms. The fourth-order valence-corrected chi connectivity index (χ4v) is 2.26. The van der Waals surface area contributed by atoms with Crippen LogP contribution in [0.3, 0.4) is 0 Å². The summed E-state index contributed by atoms with van der Waals surface area (Å²) in [6, 6.07) is 0. The number of hydrogen-bond acceptors (Lipinski definition) is 3. The minimum atomic E-state index is 0.721. The summed E-state index contributed by atoms with van der Waals surface area (Å²) in [7, 11) is 1.75. The number of ether oxygens (including phenoxy) is 2. The molecule has 3 heteroatoms. The second-order valence-corrected chi connectivity index (χ2v) is 4.11. The van der Waals surface area contributed by atoms with E-state index in [4.69, 9.17) is 9.47 Å². The van der Waals surface area contributed by atoms with Crippen molar-refractivity contribution in [2.45, 2.75) is 18.1 Å². The summed E-state index contributed by atoms with van der Waals surface area (Å²) < 4.78 is 10.3. The molecular formula is C8H16O2S. The minimum Gasteiger partial charge on any atom is -0.384 e. The lowest BCUT2D eigenvalue weighted by Gasteiger charge is -2.21. The van der Waals surface area contributed by atoms with Gasteiger partial charge in [0.15, 0.2) is 0 Å². The van der Waals surface area contributed by atoms with Gasteiger partial charge in [0, 0.05) is 24.7 Å². The van der Waals surface area contributed by atoms with Crippen molar-refractivity contribution in [1.29, 1.82) is 0 Å². The molecule has 1 aliphatic heterocycles. The molecule has 1 saturated heterocycles. The molecule has 0 amide bonds. The monoisotopic (exact) mass is 176 g/mol. The molecule has 0 aromatic carbocycles. The Bertz CT molecular complexity index is 92.1. The summed E-state index contributed by atoms with van der Waals surface area (Å²) >= 11 is 1.97. The predicted molar refractivity (Wildman–Crippen MR) is 48.2 cm³/mol. The fourth-order valence-electron chi connectivity index (χ4n) is 1.14. The fraction of sp³-hybridized carbons (Fsp3) is 1.00. The van der Waals surface area contributed by atoms with Crippen LogP contribution in [-0.2, 0) is 9.47 Å². The molecule has 0 bridgehead atoms. The normalized spacial score (nSPS) is 25.4. The highest BCUT2D eigenvalue weighted by Crippen LogP contribution is 2.20. The third-order valence-electron chi connectivity index (χ3n) is 1.76. The average molecular weight is 176 g/mol. The van der Waals surface area contributed by atoms with Crippen LogP contribution in [-0.4, -0.2) is 37.9 Å². The second-order valence-electron chi connectivity index (χ2n) is 2.70. The number of thioether (sulfide) groups is 1. The highest BCUT2D eigenvalue weighted by atomic mass is 32.2. The first-order chi connectivity index (χ1) is 5.43. The Kier molecular flexibility index (Phi) is 4.99. The topological polar surface area (TPSA) is 18.5 Å². The summed E-state index contributed by atoms with van der Waals surface area (Å²) in [5, 5.41) is 0.721. The van der Waals surface area contributed by atoms with Crippen molar-refractivity contribution in [2.75, 3.05) is 32.7 Å². The Morgan fingerprint density at radius 2 is 2.55 bits per heavy atom. The first-order valence-corrected chi connectivity index (χ1v) is 5.16. The van der Waals surface area contributed by atoms with Gasteiger partial charge in [-0.25, -0.2) is 0 Å². The molecule has 1 unspecified atom stereocenters. The van der Waals surface area contributed by atoms with Crippen LogP contribution in [0, 0.1) is 0 Å². The third-order valence-corrected chi connectivity index (χ3v) is 3.01. The van der Waals surface area contributed by atoms with E-state index in [0.717, 1.165) is 30.8 Å². The van der Waals surface area contributed by atoms with Gasteiger partial charge in [-0.3, -0.25) is 0 Å². The van der Waals surface area contributed by atoms with Crippen molar-refractivity contribution < 1.29 is 9.47 Å². The Balaban J connectivity index is 1.96. The van der Waals surface area contributed by atoms with Crippen molar-refractivity contribution >= 4 is 11.8 Å². The number of hydrogen-bond donors (Lipinski definition) is 0. The van der Waals surface area contributed by atoms with Crippen LogP contribution in [0.5, 0.6) is 0 Å². The van der Waals surface area contributed by atoms with Gasteiger partial charge in [0.1, 0.15) is 0 Å². The smallest absolute Gasteiger partial charge is 0.0585 e. The molecule has 0 aromatic heterocycles. The van der Waals surface area contributed by atoms with E-state index in [1.807, 2.05) is 11.8 Å². The highest BCUT2D eigenvalue weighted by Gasteiger charge is 2.13. The lowest BCUT2D eigenvalue weighted by Crippen LogP contribution is -2.20. The van der Waals surface area contributed by atoms with Gasteiger partial charge < -0.3 is 9.47 Å². The first-order valence-electron chi connectivity index (χ1n) is 4.12. The van der Waals surface area contributed by atoms with Gasteiger partial charge in [0.05, 0.1) is 13.2 Å². The Morgan fingerprint density at radius 1 is 1.64 bits per heavy atom. The van der Waals surface area contributed by atoms with E-state index in [1.165, 1.54) is 12.8 Å². The van der Waals surface area contributed by atoms with E-state index in [1.54, 1.807) is 7.11 Å². The molecule has 0 saturated carbocycles. The Morgan fingerprint density at radius 3 is 3.18 bits per heavy atom. The van der Waals surface area contributed by atoms with Gasteiger partial charge in [-0.2, -0.15) is 11.8 Å². The van der Waals surface area contributed by atoms with Gasteiger partial charge in [-0.1, -0.05) is 0 Å². The van der Waals surface area contributed by atoms with E-state index in [2.05, 4.69) is 0 Å². The molecule has 11 heavy (non-hydrogen) atoms. The van der Waals surface area contributed by atoms with Crippen LogP contribution < -0.4 is 0 Å². The molecular weight excluding hydrogens is 160 g/mol. The third kappa shape index (κ3) is 3.99. The lowest BCUT2D eigenvalue weighted by atomic mass is 10.2. The second kappa shape index (κ2) is 5.86. The van der Waals surface area contributed by atoms with Gasteiger partial charge >= 0.3 is 0 Å². The maximum atomic E-state index is 5.35. The highest BCUT2D eigenvalue weighted by molar-refractivity contribution is 7.99. The number of methoxy groups -OCH3 is 1. The lowest BCUT2D eigenvalue weighted by molar-refractivity contribution is 0.101. The van der Waals surface area contributed by atoms with Crippen molar-refractivity contribution in [3.05, 3.63) is 0 Å². The zero-order valence-electron chi connectivity index (χ0n) is 7.04. The van der Waals surface area contributed by atoms with Crippen molar-refractivity contribution in [3.63, 3.8) is 0 Å². The Labute approximate surface area is 72.6 Å². The molecule has 0 radical (unpaired) electrons. The molecule has 1 rings (SSSR count). The van der Waals surface area contributed by atoms with Gasteiger partial charge in [-0.05, 0) is 12.8 Å².